The van der Waals surface area contributed by atoms with Crippen LogP contribution < -0.4 is 5.14 Å². The normalized spacial score (nSPS) is 11.3. The number of sulfonamides is 1. The lowest BCUT2D eigenvalue weighted by Gasteiger charge is -2.00. The number of rotatable bonds is 3. The fourth-order valence-electron chi connectivity index (χ4n) is 1.52. The van der Waals surface area contributed by atoms with Crippen LogP contribution in [0.2, 0.25) is 0 Å². The highest BCUT2D eigenvalue weighted by atomic mass is 35.5. The molecular formula is C10H13ClN2O2S. The fraction of sp³-hybridized carbons (Fsp3) is 0.200. The first-order chi connectivity index (χ1) is 7.04. The molecule has 1 heterocycles. The summed E-state index contributed by atoms with van der Waals surface area (Å²) in [4.78, 5) is 3.08. The molecule has 1 aromatic heterocycles. The molecule has 0 amide bonds. The monoisotopic (exact) mass is 260 g/mol. The summed E-state index contributed by atoms with van der Waals surface area (Å²) in [5.74, 6) is -0.0110. The number of nitrogens with one attached hydrogen (secondary N) is 1. The molecule has 0 saturated heterocycles. The van der Waals surface area contributed by atoms with Crippen LogP contribution >= 0.6 is 12.4 Å². The van der Waals surface area contributed by atoms with Gasteiger partial charge in [-0.25, -0.2) is 13.6 Å². The number of hydrogen-bond acceptors (Lipinski definition) is 2. The van der Waals surface area contributed by atoms with Crippen LogP contribution in [0.1, 0.15) is 5.56 Å². The maximum absolute atomic E-state index is 10.8. The molecule has 0 aliphatic rings. The van der Waals surface area contributed by atoms with Gasteiger partial charge in [0.15, 0.2) is 0 Å². The van der Waals surface area contributed by atoms with Gasteiger partial charge in [-0.05, 0) is 35.6 Å². The van der Waals surface area contributed by atoms with Crippen LogP contribution in [0.25, 0.3) is 10.9 Å². The van der Waals surface area contributed by atoms with Crippen molar-refractivity contribution in [3.63, 3.8) is 0 Å². The van der Waals surface area contributed by atoms with Crippen molar-refractivity contribution in [3.05, 3.63) is 36.0 Å². The molecule has 0 unspecified atom stereocenters. The average Bonchev–Trinajstić information content (AvgIpc) is 2.60. The Hall–Kier alpha value is -1.04. The van der Waals surface area contributed by atoms with Crippen LogP contribution in [0, 0.1) is 0 Å². The third kappa shape index (κ3) is 3.23. The fourth-order valence-corrected chi connectivity index (χ4v) is 2.04. The molecule has 0 saturated carbocycles. The summed E-state index contributed by atoms with van der Waals surface area (Å²) < 4.78 is 21.6. The molecule has 0 bridgehead atoms. The van der Waals surface area contributed by atoms with Gasteiger partial charge in [-0.15, -0.1) is 12.4 Å². The zero-order chi connectivity index (χ0) is 10.9. The van der Waals surface area contributed by atoms with Gasteiger partial charge in [-0.3, -0.25) is 0 Å². The van der Waals surface area contributed by atoms with Crippen molar-refractivity contribution in [2.45, 2.75) is 6.42 Å². The summed E-state index contributed by atoms with van der Waals surface area (Å²) in [6.07, 6.45) is 2.31. The summed E-state index contributed by atoms with van der Waals surface area (Å²) in [5, 5.41) is 6.03. The summed E-state index contributed by atoms with van der Waals surface area (Å²) in [7, 11) is -3.37. The number of aromatic nitrogens is 1. The number of nitrogens with two attached hydrogens (primary N) is 1. The SMILES string of the molecule is Cl.NS(=O)(=O)CCc1ccc2[nH]ccc2c1. The quantitative estimate of drug-likeness (QED) is 0.876. The molecule has 0 radical (unpaired) electrons. The lowest BCUT2D eigenvalue weighted by Crippen LogP contribution is -2.17. The number of aromatic amines is 1. The van der Waals surface area contributed by atoms with Crippen LogP contribution in [0.15, 0.2) is 30.5 Å². The Morgan fingerprint density at radius 1 is 1.25 bits per heavy atom. The maximum atomic E-state index is 10.8. The number of hydrogen-bond donors (Lipinski definition) is 2. The van der Waals surface area contributed by atoms with Gasteiger partial charge in [0.2, 0.25) is 10.0 Å². The Labute approximate surface area is 100 Å². The number of H-pyrrole nitrogens is 1. The second kappa shape index (κ2) is 4.86. The molecule has 0 fully saturated rings. The third-order valence-corrected chi connectivity index (χ3v) is 3.07. The standard InChI is InChI=1S/C10H12N2O2S.ClH/c11-15(13,14)6-4-8-1-2-10-9(7-8)3-5-12-10;/h1-3,5,7,12H,4,6H2,(H2,11,13,14);1H. The Kier molecular flexibility index (Phi) is 3.96. The molecule has 0 atom stereocenters. The molecule has 88 valence electrons. The zero-order valence-electron chi connectivity index (χ0n) is 8.51. The molecule has 4 nitrogen and oxygen atoms in total. The van der Waals surface area contributed by atoms with E-state index in [4.69, 9.17) is 5.14 Å². The van der Waals surface area contributed by atoms with Gasteiger partial charge >= 0.3 is 0 Å². The topological polar surface area (TPSA) is 76.0 Å². The molecule has 0 aliphatic heterocycles. The Balaban J connectivity index is 0.00000128. The first-order valence-corrected chi connectivity index (χ1v) is 6.33. The zero-order valence-corrected chi connectivity index (χ0v) is 10.1. The van der Waals surface area contributed by atoms with E-state index in [1.165, 1.54) is 0 Å². The summed E-state index contributed by atoms with van der Waals surface area (Å²) in [6.45, 7) is 0. The van der Waals surface area contributed by atoms with E-state index in [0.717, 1.165) is 16.5 Å². The Morgan fingerprint density at radius 3 is 2.69 bits per heavy atom. The lowest BCUT2D eigenvalue weighted by atomic mass is 10.1. The second-order valence-corrected chi connectivity index (χ2v) is 5.25. The second-order valence-electron chi connectivity index (χ2n) is 3.52. The average molecular weight is 261 g/mol. The predicted molar refractivity (Wildman–Crippen MR) is 67.2 cm³/mol. The van der Waals surface area contributed by atoms with Crippen LogP contribution in [0.4, 0.5) is 0 Å². The summed E-state index contributed by atoms with van der Waals surface area (Å²) in [6, 6.07) is 7.77. The smallest absolute Gasteiger partial charge is 0.209 e. The molecule has 1 aromatic carbocycles. The number of benzene rings is 1. The highest BCUT2D eigenvalue weighted by Crippen LogP contribution is 2.14. The van der Waals surface area contributed by atoms with Crippen molar-refractivity contribution in [3.8, 4) is 0 Å². The van der Waals surface area contributed by atoms with Gasteiger partial charge in [0.05, 0.1) is 5.75 Å². The van der Waals surface area contributed by atoms with Crippen molar-refractivity contribution < 1.29 is 8.42 Å². The summed E-state index contributed by atoms with van der Waals surface area (Å²) >= 11 is 0. The molecule has 3 N–H and O–H groups in total. The lowest BCUT2D eigenvalue weighted by molar-refractivity contribution is 0.597. The number of halogens is 1. The van der Waals surface area contributed by atoms with Crippen molar-refractivity contribution >= 4 is 33.3 Å². The minimum Gasteiger partial charge on any atom is -0.361 e. The van der Waals surface area contributed by atoms with Gasteiger partial charge in [0, 0.05) is 11.7 Å². The van der Waals surface area contributed by atoms with Gasteiger partial charge in [-0.2, -0.15) is 0 Å². The van der Waals surface area contributed by atoms with E-state index in [9.17, 15) is 8.42 Å². The predicted octanol–water partition coefficient (Wildman–Crippen LogP) is 1.42. The van der Waals surface area contributed by atoms with Crippen LogP contribution in [0.3, 0.4) is 0 Å². The van der Waals surface area contributed by atoms with Crippen LogP contribution in [-0.2, 0) is 16.4 Å². The minimum absolute atomic E-state index is 0. The van der Waals surface area contributed by atoms with Crippen molar-refractivity contribution in [2.75, 3.05) is 5.75 Å². The molecule has 6 heteroatoms. The first-order valence-electron chi connectivity index (χ1n) is 4.61. The molecule has 16 heavy (non-hydrogen) atoms. The van der Waals surface area contributed by atoms with E-state index in [2.05, 4.69) is 4.98 Å². The van der Waals surface area contributed by atoms with E-state index in [1.54, 1.807) is 0 Å². The van der Waals surface area contributed by atoms with Crippen molar-refractivity contribution in [1.82, 2.24) is 4.98 Å². The van der Waals surface area contributed by atoms with E-state index in [-0.39, 0.29) is 18.2 Å². The Bertz CT molecular complexity index is 577. The van der Waals surface area contributed by atoms with Crippen LogP contribution in [-0.4, -0.2) is 19.2 Å². The van der Waals surface area contributed by atoms with Crippen LogP contribution in [0.5, 0.6) is 0 Å². The number of primary sulfonamides is 1. The number of fused-ring (bicyclic) bond motifs is 1. The summed E-state index contributed by atoms with van der Waals surface area (Å²) in [5.41, 5.74) is 2.03. The minimum atomic E-state index is -3.37. The Morgan fingerprint density at radius 2 is 2.00 bits per heavy atom. The largest absolute Gasteiger partial charge is 0.361 e. The molecule has 0 aliphatic carbocycles. The van der Waals surface area contributed by atoms with Crippen molar-refractivity contribution in [2.24, 2.45) is 5.14 Å². The van der Waals surface area contributed by atoms with E-state index >= 15 is 0 Å². The van der Waals surface area contributed by atoms with Gasteiger partial charge < -0.3 is 4.98 Å². The van der Waals surface area contributed by atoms with Crippen molar-refractivity contribution in [1.29, 1.82) is 0 Å². The van der Waals surface area contributed by atoms with E-state index < -0.39 is 10.0 Å². The first kappa shape index (κ1) is 13.0. The number of aryl methyl sites for hydroxylation is 1. The molecule has 2 aromatic rings. The van der Waals surface area contributed by atoms with E-state index in [1.807, 2.05) is 30.5 Å². The highest BCUT2D eigenvalue weighted by Gasteiger charge is 2.04. The highest BCUT2D eigenvalue weighted by molar-refractivity contribution is 7.89. The molecular weight excluding hydrogens is 248 g/mol. The molecule has 2 rings (SSSR count). The van der Waals surface area contributed by atoms with Gasteiger partial charge in [-0.1, -0.05) is 6.07 Å². The third-order valence-electron chi connectivity index (χ3n) is 2.29. The van der Waals surface area contributed by atoms with Gasteiger partial charge in [0.25, 0.3) is 0 Å². The molecule has 0 spiro atoms. The van der Waals surface area contributed by atoms with Gasteiger partial charge in [0.1, 0.15) is 0 Å². The van der Waals surface area contributed by atoms with E-state index in [0.29, 0.717) is 6.42 Å². The maximum Gasteiger partial charge on any atom is 0.209 e.